The molecular formula is C22H32BrCl2N. The molecule has 0 spiro atoms. The van der Waals surface area contributed by atoms with Crippen molar-refractivity contribution in [2.45, 2.75) is 53.1 Å². The fourth-order valence-electron chi connectivity index (χ4n) is 3.72. The van der Waals surface area contributed by atoms with Gasteiger partial charge < -0.3 is 21.5 Å². The second-order valence-corrected chi connectivity index (χ2v) is 9.59. The van der Waals surface area contributed by atoms with Crippen LogP contribution < -0.4 is 17.0 Å². The van der Waals surface area contributed by atoms with Crippen LogP contribution in [-0.4, -0.2) is 24.6 Å². The summed E-state index contributed by atoms with van der Waals surface area (Å²) in [7, 11) is 4.52. The summed E-state index contributed by atoms with van der Waals surface area (Å²) in [6.07, 6.45) is 9.68. The van der Waals surface area contributed by atoms with Crippen molar-refractivity contribution in [2.24, 2.45) is 11.3 Å². The third-order valence-electron chi connectivity index (χ3n) is 5.87. The van der Waals surface area contributed by atoms with E-state index in [0.29, 0.717) is 22.4 Å². The lowest BCUT2D eigenvalue weighted by atomic mass is 9.68. The smallest absolute Gasteiger partial charge is 0.106 e. The Morgan fingerprint density at radius 3 is 2.50 bits per heavy atom. The van der Waals surface area contributed by atoms with Crippen LogP contribution in [0.25, 0.3) is 0 Å². The van der Waals surface area contributed by atoms with Gasteiger partial charge in [0.05, 0.1) is 19.1 Å². The number of quaternary nitrogens is 1. The molecule has 0 aliphatic heterocycles. The summed E-state index contributed by atoms with van der Waals surface area (Å²) in [6.45, 7) is 10.2. The zero-order chi connectivity index (χ0) is 18.8. The first-order valence-electron chi connectivity index (χ1n) is 9.14. The predicted molar refractivity (Wildman–Crippen MR) is 111 cm³/mol. The molecule has 26 heavy (non-hydrogen) atoms. The normalized spacial score (nSPS) is 21.2. The molecule has 0 heterocycles. The summed E-state index contributed by atoms with van der Waals surface area (Å²) in [5.41, 5.74) is 2.99. The molecule has 2 rings (SSSR count). The van der Waals surface area contributed by atoms with Crippen LogP contribution >= 0.6 is 23.2 Å². The zero-order valence-corrected chi connectivity index (χ0v) is 19.9. The number of allylic oxidation sites excluding steroid dienone is 3. The van der Waals surface area contributed by atoms with E-state index in [4.69, 9.17) is 23.2 Å². The Bertz CT molecular complexity index is 677. The molecule has 2 atom stereocenters. The third kappa shape index (κ3) is 5.86. The van der Waals surface area contributed by atoms with Crippen LogP contribution in [0.3, 0.4) is 0 Å². The maximum Gasteiger partial charge on any atom is 0.106 e. The lowest BCUT2D eigenvalue weighted by Crippen LogP contribution is -3.00. The molecule has 4 heteroatoms. The summed E-state index contributed by atoms with van der Waals surface area (Å²) in [5.74, 6) is 0.530. The van der Waals surface area contributed by atoms with E-state index in [1.165, 1.54) is 18.4 Å². The van der Waals surface area contributed by atoms with Crippen molar-refractivity contribution in [3.63, 3.8) is 0 Å². The van der Waals surface area contributed by atoms with Gasteiger partial charge in [-0.2, -0.15) is 0 Å². The molecule has 0 N–H and O–H groups in total. The van der Waals surface area contributed by atoms with Gasteiger partial charge >= 0.3 is 0 Å². The average Bonchev–Trinajstić information content (AvgIpc) is 2.48. The predicted octanol–water partition coefficient (Wildman–Crippen LogP) is 3.90. The highest BCUT2D eigenvalue weighted by molar-refractivity contribution is 6.35. The average molecular weight is 461 g/mol. The van der Waals surface area contributed by atoms with Gasteiger partial charge in [-0.15, -0.1) is 0 Å². The quantitative estimate of drug-likeness (QED) is 0.461. The second-order valence-electron chi connectivity index (χ2n) is 8.75. The van der Waals surface area contributed by atoms with Gasteiger partial charge in [0.1, 0.15) is 12.6 Å². The van der Waals surface area contributed by atoms with Crippen LogP contribution in [-0.2, 0) is 6.54 Å². The minimum absolute atomic E-state index is 0. The van der Waals surface area contributed by atoms with Gasteiger partial charge in [-0.1, -0.05) is 60.8 Å². The van der Waals surface area contributed by atoms with Gasteiger partial charge in [0.25, 0.3) is 0 Å². The number of hydrogen-bond donors (Lipinski definition) is 0. The van der Waals surface area contributed by atoms with Crippen molar-refractivity contribution in [1.82, 2.24) is 0 Å². The fourth-order valence-corrected chi connectivity index (χ4v) is 4.19. The molecule has 146 valence electrons. The second kappa shape index (κ2) is 9.28. The molecule has 1 aromatic rings. The van der Waals surface area contributed by atoms with E-state index in [1.807, 2.05) is 18.2 Å². The van der Waals surface area contributed by atoms with Crippen molar-refractivity contribution in [3.05, 3.63) is 57.6 Å². The van der Waals surface area contributed by atoms with E-state index in [0.717, 1.165) is 21.6 Å². The van der Waals surface area contributed by atoms with Gasteiger partial charge in [-0.3, -0.25) is 0 Å². The van der Waals surface area contributed by atoms with E-state index in [2.05, 4.69) is 60.0 Å². The number of benzene rings is 1. The number of likely N-dealkylation sites (N-methyl/N-ethyl adjacent to an activating group) is 1. The van der Waals surface area contributed by atoms with Crippen molar-refractivity contribution < 1.29 is 21.5 Å². The van der Waals surface area contributed by atoms with Gasteiger partial charge in [0.2, 0.25) is 0 Å². The van der Waals surface area contributed by atoms with E-state index < -0.39 is 0 Å². The molecule has 0 bridgehead atoms. The van der Waals surface area contributed by atoms with Crippen LogP contribution in [0.4, 0.5) is 0 Å². The number of halogens is 3. The number of rotatable bonds is 5. The molecule has 0 saturated carbocycles. The Labute approximate surface area is 180 Å². The van der Waals surface area contributed by atoms with E-state index in [1.54, 1.807) is 0 Å². The highest BCUT2D eigenvalue weighted by Crippen LogP contribution is 2.41. The largest absolute Gasteiger partial charge is 1.00 e. The first-order chi connectivity index (χ1) is 11.5. The topological polar surface area (TPSA) is 0 Å². The fraction of sp³-hybridized carbons (Fsp3) is 0.545. The van der Waals surface area contributed by atoms with Gasteiger partial charge in [-0.05, 0) is 50.3 Å². The lowest BCUT2D eigenvalue weighted by Gasteiger charge is -2.38. The maximum absolute atomic E-state index is 6.38. The van der Waals surface area contributed by atoms with Crippen LogP contribution in [0, 0.1) is 11.3 Å². The number of nitrogens with zero attached hydrogens (tertiary/aromatic N) is 1. The van der Waals surface area contributed by atoms with E-state index in [-0.39, 0.29) is 17.0 Å². The molecule has 1 aliphatic carbocycles. The Balaban J connectivity index is 0.00000338. The Morgan fingerprint density at radius 2 is 1.92 bits per heavy atom. The van der Waals surface area contributed by atoms with Crippen LogP contribution in [0.5, 0.6) is 0 Å². The molecule has 0 fully saturated rings. The summed E-state index contributed by atoms with van der Waals surface area (Å²) >= 11 is 12.4. The molecule has 0 radical (unpaired) electrons. The van der Waals surface area contributed by atoms with Crippen molar-refractivity contribution in [1.29, 1.82) is 0 Å². The SMILES string of the molecule is CC1=CCCC(C)(C)C1/C=C/C(C)[N+](C)(C)Cc1ccc(Cl)cc1Cl.[Br-]. The number of hydrogen-bond acceptors (Lipinski definition) is 0. The molecule has 1 aromatic carbocycles. The summed E-state index contributed by atoms with van der Waals surface area (Å²) in [5, 5.41) is 1.44. The molecule has 0 aromatic heterocycles. The minimum atomic E-state index is 0. The van der Waals surface area contributed by atoms with Gasteiger partial charge in [-0.25, -0.2) is 0 Å². The Kier molecular flexibility index (Phi) is 8.48. The first kappa shape index (κ1) is 23.8. The zero-order valence-electron chi connectivity index (χ0n) is 16.8. The van der Waals surface area contributed by atoms with E-state index >= 15 is 0 Å². The molecule has 0 amide bonds. The van der Waals surface area contributed by atoms with Gasteiger partial charge in [0, 0.05) is 16.5 Å². The van der Waals surface area contributed by atoms with Gasteiger partial charge in [0.15, 0.2) is 0 Å². The third-order valence-corrected chi connectivity index (χ3v) is 6.45. The van der Waals surface area contributed by atoms with Crippen molar-refractivity contribution in [2.75, 3.05) is 14.1 Å². The summed E-state index contributed by atoms with van der Waals surface area (Å²) in [4.78, 5) is 0. The van der Waals surface area contributed by atoms with Crippen LogP contribution in [0.2, 0.25) is 10.0 Å². The minimum Gasteiger partial charge on any atom is -1.00 e. The van der Waals surface area contributed by atoms with Crippen LogP contribution in [0.1, 0.15) is 46.1 Å². The molecule has 1 aliphatic rings. The summed E-state index contributed by atoms with van der Waals surface area (Å²) in [6, 6.07) is 6.19. The summed E-state index contributed by atoms with van der Waals surface area (Å²) < 4.78 is 0.855. The van der Waals surface area contributed by atoms with Crippen LogP contribution in [0.15, 0.2) is 42.0 Å². The standard InChI is InChI=1S/C22H32Cl2N.BrH/c1-16-8-7-13-22(3,4)20(16)12-9-17(2)25(5,6)15-18-10-11-19(23)14-21(18)24;/h8-12,14,17,20H,7,13,15H2,1-6H3;1H/q+1;/p-1/b12-9+;. The molecule has 0 saturated heterocycles. The Morgan fingerprint density at radius 1 is 1.27 bits per heavy atom. The monoisotopic (exact) mass is 459 g/mol. The highest BCUT2D eigenvalue weighted by Gasteiger charge is 2.31. The van der Waals surface area contributed by atoms with E-state index in [9.17, 15) is 0 Å². The van der Waals surface area contributed by atoms with Crippen molar-refractivity contribution in [3.8, 4) is 0 Å². The molecule has 2 unspecified atom stereocenters. The van der Waals surface area contributed by atoms with Crippen molar-refractivity contribution >= 4 is 23.2 Å². The molecule has 1 nitrogen and oxygen atoms in total. The maximum atomic E-state index is 6.38. The molecular weight excluding hydrogens is 429 g/mol. The highest BCUT2D eigenvalue weighted by atomic mass is 79.9. The lowest BCUT2D eigenvalue weighted by molar-refractivity contribution is -0.919. The Hall–Kier alpha value is -0.280. The first-order valence-corrected chi connectivity index (χ1v) is 9.90.